The molecule has 0 unspecified atom stereocenters. The summed E-state index contributed by atoms with van der Waals surface area (Å²) >= 11 is 1.17. The molecule has 0 aliphatic carbocycles. The van der Waals surface area contributed by atoms with E-state index in [1.165, 1.54) is 24.6 Å². The van der Waals surface area contributed by atoms with Gasteiger partial charge in [0.2, 0.25) is 11.8 Å². The Morgan fingerprint density at radius 1 is 1.25 bits per heavy atom. The summed E-state index contributed by atoms with van der Waals surface area (Å²) in [5.74, 6) is 0.0974. The number of amides is 2. The molecule has 2 amide bonds. The molecule has 0 aliphatic rings. The van der Waals surface area contributed by atoms with Gasteiger partial charge in [0, 0.05) is 44.9 Å². The number of methoxy groups -OCH3 is 2. The molecule has 3 aromatic heterocycles. The van der Waals surface area contributed by atoms with Crippen LogP contribution in [0.5, 0.6) is 5.88 Å². The van der Waals surface area contributed by atoms with Gasteiger partial charge in [-0.15, -0.1) is 0 Å². The van der Waals surface area contributed by atoms with Crippen LogP contribution in [0.2, 0.25) is 0 Å². The van der Waals surface area contributed by atoms with E-state index < -0.39 is 0 Å². The third-order valence-electron chi connectivity index (χ3n) is 4.56. The quantitative estimate of drug-likeness (QED) is 0.414. The highest BCUT2D eigenvalue weighted by Crippen LogP contribution is 2.25. The van der Waals surface area contributed by atoms with Crippen molar-refractivity contribution < 1.29 is 19.1 Å². The lowest BCUT2D eigenvalue weighted by atomic mass is 10.2. The third-order valence-corrected chi connectivity index (χ3v) is 5.58. The van der Waals surface area contributed by atoms with Gasteiger partial charge in [-0.25, -0.2) is 15.0 Å². The van der Waals surface area contributed by atoms with Gasteiger partial charge in [0.25, 0.3) is 5.91 Å². The van der Waals surface area contributed by atoms with Crippen molar-refractivity contribution in [3.8, 4) is 5.88 Å². The summed E-state index contributed by atoms with van der Waals surface area (Å²) in [7, 11) is 3.08. The zero-order valence-corrected chi connectivity index (χ0v) is 18.9. The van der Waals surface area contributed by atoms with E-state index in [0.717, 1.165) is 18.5 Å². The molecule has 3 aromatic rings. The van der Waals surface area contributed by atoms with Gasteiger partial charge in [-0.1, -0.05) is 11.3 Å². The maximum atomic E-state index is 12.8. The average molecular weight is 459 g/mol. The van der Waals surface area contributed by atoms with Crippen LogP contribution in [0.15, 0.2) is 43.2 Å². The number of hydrogen-bond acceptors (Lipinski definition) is 8. The van der Waals surface area contributed by atoms with Gasteiger partial charge >= 0.3 is 0 Å². The van der Waals surface area contributed by atoms with E-state index in [2.05, 4.69) is 20.3 Å². The van der Waals surface area contributed by atoms with Crippen LogP contribution >= 0.6 is 11.3 Å². The van der Waals surface area contributed by atoms with E-state index >= 15 is 0 Å². The number of pyridine rings is 1. The van der Waals surface area contributed by atoms with Crippen molar-refractivity contribution in [3.05, 3.63) is 53.7 Å². The van der Waals surface area contributed by atoms with Crippen molar-refractivity contribution >= 4 is 28.3 Å². The number of aryl methyl sites for hydroxylation is 1. The van der Waals surface area contributed by atoms with Gasteiger partial charge in [0.1, 0.15) is 4.88 Å². The van der Waals surface area contributed by atoms with Crippen molar-refractivity contribution in [3.63, 3.8) is 0 Å². The van der Waals surface area contributed by atoms with Crippen LogP contribution in [0.1, 0.15) is 28.1 Å². The highest BCUT2D eigenvalue weighted by molar-refractivity contribution is 7.17. The molecule has 10 nitrogen and oxygen atoms in total. The fraction of sp³-hybridized carbons (Fsp3) is 0.381. The van der Waals surface area contributed by atoms with Crippen LogP contribution in [-0.4, -0.2) is 58.7 Å². The average Bonchev–Trinajstić information content (AvgIpc) is 3.51. The van der Waals surface area contributed by atoms with Crippen LogP contribution in [-0.2, 0) is 22.6 Å². The molecule has 0 spiro atoms. The summed E-state index contributed by atoms with van der Waals surface area (Å²) in [6, 6.07) is 3.57. The lowest BCUT2D eigenvalue weighted by Gasteiger charge is -2.20. The van der Waals surface area contributed by atoms with Crippen molar-refractivity contribution in [2.75, 3.05) is 32.3 Å². The van der Waals surface area contributed by atoms with Crippen LogP contribution in [0.25, 0.3) is 0 Å². The Bertz CT molecular complexity index is 1010. The first-order valence-electron chi connectivity index (χ1n) is 10.1. The van der Waals surface area contributed by atoms with Gasteiger partial charge in [0.15, 0.2) is 5.13 Å². The van der Waals surface area contributed by atoms with E-state index in [0.29, 0.717) is 29.0 Å². The number of rotatable bonds is 12. The molecule has 170 valence electrons. The highest BCUT2D eigenvalue weighted by atomic mass is 32.1. The Labute approximate surface area is 190 Å². The van der Waals surface area contributed by atoms with E-state index in [1.54, 1.807) is 42.9 Å². The summed E-state index contributed by atoms with van der Waals surface area (Å²) in [5, 5.41) is 3.34. The topological polar surface area (TPSA) is 111 Å². The molecular formula is C21H26N6O4S. The van der Waals surface area contributed by atoms with Gasteiger partial charge in [-0.3, -0.25) is 14.5 Å². The van der Waals surface area contributed by atoms with Gasteiger partial charge in [0.05, 0.1) is 39.2 Å². The Morgan fingerprint density at radius 2 is 2.12 bits per heavy atom. The number of carbonyl (C=O) groups excluding carboxylic acids is 2. The maximum Gasteiger partial charge on any atom is 0.263 e. The summed E-state index contributed by atoms with van der Waals surface area (Å²) in [6.07, 6.45) is 9.44. The fourth-order valence-electron chi connectivity index (χ4n) is 2.89. The third kappa shape index (κ3) is 6.59. The van der Waals surface area contributed by atoms with Crippen LogP contribution < -0.4 is 15.0 Å². The first kappa shape index (κ1) is 23.4. The summed E-state index contributed by atoms with van der Waals surface area (Å²) in [6.45, 7) is 1.87. The molecule has 3 heterocycles. The Balaban J connectivity index is 1.65. The highest BCUT2D eigenvalue weighted by Gasteiger charge is 2.21. The molecule has 0 saturated carbocycles. The molecule has 11 heteroatoms. The van der Waals surface area contributed by atoms with E-state index in [-0.39, 0.29) is 24.8 Å². The Kier molecular flexibility index (Phi) is 8.70. The molecule has 3 rings (SSSR count). The number of thiazole rings is 1. The number of imidazole rings is 1. The smallest absolute Gasteiger partial charge is 0.263 e. The van der Waals surface area contributed by atoms with Crippen LogP contribution in [0, 0.1) is 0 Å². The summed E-state index contributed by atoms with van der Waals surface area (Å²) in [4.78, 5) is 39.8. The molecule has 32 heavy (non-hydrogen) atoms. The fourth-order valence-corrected chi connectivity index (χ4v) is 3.74. The van der Waals surface area contributed by atoms with Crippen molar-refractivity contribution in [1.29, 1.82) is 0 Å². The Hall–Kier alpha value is -3.31. The normalized spacial score (nSPS) is 10.7. The molecule has 0 fully saturated rings. The zero-order valence-electron chi connectivity index (χ0n) is 18.1. The zero-order chi connectivity index (χ0) is 22.8. The minimum atomic E-state index is -0.214. The monoisotopic (exact) mass is 458 g/mol. The minimum absolute atomic E-state index is 0.149. The number of carbonyl (C=O) groups is 2. The lowest BCUT2D eigenvalue weighted by molar-refractivity contribution is -0.119. The summed E-state index contributed by atoms with van der Waals surface area (Å²) in [5.41, 5.74) is 0.836. The lowest BCUT2D eigenvalue weighted by Crippen LogP contribution is -2.31. The van der Waals surface area contributed by atoms with E-state index in [4.69, 9.17) is 9.47 Å². The van der Waals surface area contributed by atoms with Crippen molar-refractivity contribution in [2.45, 2.75) is 25.9 Å². The second-order valence-corrected chi connectivity index (χ2v) is 7.86. The number of nitrogens with one attached hydrogen (secondary N) is 1. The standard InChI is InChI=1S/C21H26N6O4S/c1-30-11-5-19(28)27(14-16-4-7-23-18(12-16)31-2)21-25-13-17(32-21)20(29)24-6-3-9-26-10-8-22-15-26/h4,7-8,10,12-13,15H,3,5-6,9,11,14H2,1-2H3,(H,24,29). The number of ether oxygens (including phenoxy) is 2. The number of anilines is 1. The molecule has 0 saturated heterocycles. The molecule has 0 aliphatic heterocycles. The van der Waals surface area contributed by atoms with E-state index in [1.807, 2.05) is 10.8 Å². The molecule has 0 atom stereocenters. The predicted octanol–water partition coefficient (Wildman–Crippen LogP) is 2.13. The number of hydrogen-bond donors (Lipinski definition) is 1. The molecule has 0 radical (unpaired) electrons. The van der Waals surface area contributed by atoms with Gasteiger partial charge < -0.3 is 19.4 Å². The van der Waals surface area contributed by atoms with Gasteiger partial charge in [-0.2, -0.15) is 0 Å². The largest absolute Gasteiger partial charge is 0.481 e. The number of nitrogens with zero attached hydrogens (tertiary/aromatic N) is 5. The second kappa shape index (κ2) is 11.9. The second-order valence-electron chi connectivity index (χ2n) is 6.85. The molecule has 0 aromatic carbocycles. The maximum absolute atomic E-state index is 12.8. The molecular weight excluding hydrogens is 432 g/mol. The van der Waals surface area contributed by atoms with Crippen molar-refractivity contribution in [2.24, 2.45) is 0 Å². The SMILES string of the molecule is COCCC(=O)N(Cc1ccnc(OC)c1)c1ncc(C(=O)NCCCn2ccnc2)s1. The molecule has 0 bridgehead atoms. The van der Waals surface area contributed by atoms with E-state index in [9.17, 15) is 9.59 Å². The minimum Gasteiger partial charge on any atom is -0.481 e. The first-order chi connectivity index (χ1) is 15.6. The van der Waals surface area contributed by atoms with Gasteiger partial charge in [-0.05, 0) is 18.1 Å². The number of aromatic nitrogens is 4. The van der Waals surface area contributed by atoms with Crippen LogP contribution in [0.3, 0.4) is 0 Å². The molecule has 1 N–H and O–H groups in total. The summed E-state index contributed by atoms with van der Waals surface area (Å²) < 4.78 is 12.2. The van der Waals surface area contributed by atoms with Crippen molar-refractivity contribution in [1.82, 2.24) is 24.8 Å². The predicted molar refractivity (Wildman–Crippen MR) is 120 cm³/mol. The first-order valence-corrected chi connectivity index (χ1v) is 10.9. The Morgan fingerprint density at radius 3 is 2.88 bits per heavy atom. The van der Waals surface area contributed by atoms with Crippen LogP contribution in [0.4, 0.5) is 5.13 Å².